The normalized spacial score (nSPS) is 19.4. The van der Waals surface area contributed by atoms with Crippen molar-refractivity contribution in [3.63, 3.8) is 0 Å². The largest absolute Gasteiger partial charge is 0.373 e. The lowest BCUT2D eigenvalue weighted by atomic mass is 9.98. The Morgan fingerprint density at radius 2 is 1.87 bits per heavy atom. The van der Waals surface area contributed by atoms with Gasteiger partial charge in [-0.3, -0.25) is 0 Å². The van der Waals surface area contributed by atoms with Crippen LogP contribution in [0, 0.1) is 6.92 Å². The molecule has 76 valence electrons. The van der Waals surface area contributed by atoms with Gasteiger partial charge in [0.25, 0.3) is 0 Å². The third kappa shape index (κ3) is 1.64. The highest BCUT2D eigenvalue weighted by Crippen LogP contribution is 2.26. The molecule has 1 saturated heterocycles. The van der Waals surface area contributed by atoms with E-state index in [9.17, 15) is 0 Å². The lowest BCUT2D eigenvalue weighted by Crippen LogP contribution is -1.94. The Hall–Kier alpha value is -1.34. The average molecular weight is 198 g/mol. The highest BCUT2D eigenvalue weighted by atomic mass is 16.6. The first-order valence-electron chi connectivity index (χ1n) is 5.43. The van der Waals surface area contributed by atoms with Gasteiger partial charge in [0.2, 0.25) is 0 Å². The van der Waals surface area contributed by atoms with Crippen LogP contribution in [-0.4, -0.2) is 12.7 Å². The molecule has 1 unspecified atom stereocenters. The maximum Gasteiger partial charge on any atom is 0.0850 e. The van der Waals surface area contributed by atoms with Crippen molar-refractivity contribution in [2.24, 2.45) is 0 Å². The van der Waals surface area contributed by atoms with Crippen molar-refractivity contribution in [3.8, 4) is 0 Å². The molecule has 1 heteroatoms. The molecule has 1 aliphatic heterocycles. The molecule has 1 nitrogen and oxygen atoms in total. The first-order chi connectivity index (χ1) is 7.34. The van der Waals surface area contributed by atoms with Crippen LogP contribution in [0.5, 0.6) is 0 Å². The van der Waals surface area contributed by atoms with Crippen molar-refractivity contribution in [3.05, 3.63) is 47.5 Å². The molecule has 1 fully saturated rings. The zero-order valence-corrected chi connectivity index (χ0v) is 8.86. The summed E-state index contributed by atoms with van der Waals surface area (Å²) in [5, 5.41) is 2.75. The molecule has 0 amide bonds. The van der Waals surface area contributed by atoms with Crippen molar-refractivity contribution in [2.75, 3.05) is 6.61 Å². The number of fused-ring (bicyclic) bond motifs is 1. The first-order valence-corrected chi connectivity index (χ1v) is 5.43. The molecule has 1 aliphatic rings. The summed E-state index contributed by atoms with van der Waals surface area (Å²) in [7, 11) is 0. The van der Waals surface area contributed by atoms with Crippen molar-refractivity contribution >= 4 is 10.8 Å². The molecule has 0 spiro atoms. The molecule has 0 radical (unpaired) electrons. The van der Waals surface area contributed by atoms with E-state index in [0.29, 0.717) is 6.10 Å². The van der Waals surface area contributed by atoms with Gasteiger partial charge >= 0.3 is 0 Å². The van der Waals surface area contributed by atoms with Gasteiger partial charge < -0.3 is 4.74 Å². The van der Waals surface area contributed by atoms with Crippen LogP contribution in [0.3, 0.4) is 0 Å². The number of rotatable bonds is 2. The summed E-state index contributed by atoms with van der Waals surface area (Å²) in [5.41, 5.74) is 2.77. The molecular weight excluding hydrogens is 184 g/mol. The predicted molar refractivity (Wildman–Crippen MR) is 62.1 cm³/mol. The number of aryl methyl sites for hydroxylation is 1. The minimum Gasteiger partial charge on any atom is -0.373 e. The van der Waals surface area contributed by atoms with E-state index in [0.717, 1.165) is 13.0 Å². The van der Waals surface area contributed by atoms with Gasteiger partial charge in [0.1, 0.15) is 0 Å². The fraction of sp³-hybridized carbons (Fsp3) is 0.286. The molecule has 3 rings (SSSR count). The maximum atomic E-state index is 5.29. The summed E-state index contributed by atoms with van der Waals surface area (Å²) in [5.74, 6) is 0. The van der Waals surface area contributed by atoms with Crippen LogP contribution < -0.4 is 0 Å². The van der Waals surface area contributed by atoms with Gasteiger partial charge in [-0.25, -0.2) is 0 Å². The summed E-state index contributed by atoms with van der Waals surface area (Å²) in [4.78, 5) is 0. The fourth-order valence-electron chi connectivity index (χ4n) is 2.12. The Morgan fingerprint density at radius 1 is 1.13 bits per heavy atom. The Balaban J connectivity index is 2.16. The molecule has 2 aromatic carbocycles. The van der Waals surface area contributed by atoms with Crippen LogP contribution in [0.15, 0.2) is 36.4 Å². The van der Waals surface area contributed by atoms with Crippen molar-refractivity contribution in [1.29, 1.82) is 0 Å². The second kappa shape index (κ2) is 3.35. The summed E-state index contributed by atoms with van der Waals surface area (Å²) in [6.45, 7) is 3.10. The summed E-state index contributed by atoms with van der Waals surface area (Å²) >= 11 is 0. The van der Waals surface area contributed by atoms with Crippen LogP contribution in [0.2, 0.25) is 0 Å². The molecule has 0 bridgehead atoms. The van der Waals surface area contributed by atoms with Crippen molar-refractivity contribution in [2.45, 2.75) is 19.4 Å². The molecule has 0 N–H and O–H groups in total. The Morgan fingerprint density at radius 3 is 2.60 bits per heavy atom. The third-order valence-electron chi connectivity index (χ3n) is 3.08. The van der Waals surface area contributed by atoms with Crippen LogP contribution >= 0.6 is 0 Å². The van der Waals surface area contributed by atoms with Crippen molar-refractivity contribution < 1.29 is 4.74 Å². The standard InChI is InChI=1S/C14H14O/c1-10-6-7-11(8-12-9-15-12)14-5-3-2-4-13(10)14/h2-7,12H,8-9H2,1H3. The highest BCUT2D eigenvalue weighted by Gasteiger charge is 2.23. The van der Waals surface area contributed by atoms with E-state index in [2.05, 4.69) is 43.3 Å². The third-order valence-corrected chi connectivity index (χ3v) is 3.08. The Bertz CT molecular complexity index is 498. The second-order valence-corrected chi connectivity index (χ2v) is 4.25. The van der Waals surface area contributed by atoms with E-state index in [4.69, 9.17) is 4.74 Å². The maximum absolute atomic E-state index is 5.29. The quantitative estimate of drug-likeness (QED) is 0.675. The molecule has 0 aliphatic carbocycles. The SMILES string of the molecule is Cc1ccc(CC2CO2)c2ccccc12. The fourth-order valence-corrected chi connectivity index (χ4v) is 2.12. The molecule has 1 heterocycles. The van der Waals surface area contributed by atoms with Crippen LogP contribution in [0.4, 0.5) is 0 Å². The van der Waals surface area contributed by atoms with Crippen molar-refractivity contribution in [1.82, 2.24) is 0 Å². The van der Waals surface area contributed by atoms with Gasteiger partial charge in [0.15, 0.2) is 0 Å². The van der Waals surface area contributed by atoms with E-state index in [-0.39, 0.29) is 0 Å². The molecule has 1 atom stereocenters. The van der Waals surface area contributed by atoms with Gasteiger partial charge in [0.05, 0.1) is 12.7 Å². The number of epoxide rings is 1. The molecular formula is C14H14O. The highest BCUT2D eigenvalue weighted by molar-refractivity contribution is 5.88. The van der Waals surface area contributed by atoms with Crippen LogP contribution in [0.1, 0.15) is 11.1 Å². The average Bonchev–Trinajstić information content (AvgIpc) is 3.07. The van der Waals surface area contributed by atoms with Gasteiger partial charge in [0, 0.05) is 6.42 Å². The lowest BCUT2D eigenvalue weighted by molar-refractivity contribution is 0.408. The lowest BCUT2D eigenvalue weighted by Gasteiger charge is -2.07. The Labute approximate surface area is 89.7 Å². The van der Waals surface area contributed by atoms with E-state index >= 15 is 0 Å². The van der Waals surface area contributed by atoms with Gasteiger partial charge in [-0.2, -0.15) is 0 Å². The Kier molecular flexibility index (Phi) is 2.00. The smallest absolute Gasteiger partial charge is 0.0850 e. The zero-order chi connectivity index (χ0) is 10.3. The number of hydrogen-bond donors (Lipinski definition) is 0. The molecule has 2 aromatic rings. The summed E-state index contributed by atoms with van der Waals surface area (Å²) < 4.78 is 5.29. The minimum atomic E-state index is 0.469. The van der Waals surface area contributed by atoms with E-state index < -0.39 is 0 Å². The second-order valence-electron chi connectivity index (χ2n) is 4.25. The summed E-state index contributed by atoms with van der Waals surface area (Å²) in [6, 6.07) is 13.1. The van der Waals surface area contributed by atoms with Gasteiger partial charge in [-0.1, -0.05) is 36.4 Å². The first kappa shape index (κ1) is 8.93. The molecule has 15 heavy (non-hydrogen) atoms. The van der Waals surface area contributed by atoms with Gasteiger partial charge in [-0.05, 0) is 28.8 Å². The predicted octanol–water partition coefficient (Wildman–Crippen LogP) is 3.09. The van der Waals surface area contributed by atoms with Crippen LogP contribution in [-0.2, 0) is 11.2 Å². The number of ether oxygens (including phenoxy) is 1. The van der Waals surface area contributed by atoms with E-state index in [1.807, 2.05) is 0 Å². The number of hydrogen-bond acceptors (Lipinski definition) is 1. The molecule has 0 saturated carbocycles. The monoisotopic (exact) mass is 198 g/mol. The summed E-state index contributed by atoms with van der Waals surface area (Å²) in [6.07, 6.45) is 1.52. The zero-order valence-electron chi connectivity index (χ0n) is 8.86. The van der Waals surface area contributed by atoms with Gasteiger partial charge in [-0.15, -0.1) is 0 Å². The minimum absolute atomic E-state index is 0.469. The van der Waals surface area contributed by atoms with E-state index in [1.165, 1.54) is 21.9 Å². The molecule has 0 aromatic heterocycles. The van der Waals surface area contributed by atoms with E-state index in [1.54, 1.807) is 0 Å². The van der Waals surface area contributed by atoms with Crippen LogP contribution in [0.25, 0.3) is 10.8 Å². The number of benzene rings is 2. The topological polar surface area (TPSA) is 12.5 Å².